The third-order valence-electron chi connectivity index (χ3n) is 3.29. The molecular formula is C17H14BrNOS. The first-order chi connectivity index (χ1) is 10.3. The Kier molecular flexibility index (Phi) is 4.58. The Bertz CT molecular complexity index is 757. The number of nitrogens with zero attached hydrogens (tertiary/aromatic N) is 1. The zero-order valence-electron chi connectivity index (χ0n) is 11.2. The van der Waals surface area contributed by atoms with E-state index in [1.165, 1.54) is 0 Å². The first-order valence-corrected chi connectivity index (χ1v) is 8.41. The van der Waals surface area contributed by atoms with Gasteiger partial charge in [-0.05, 0) is 33.4 Å². The molecule has 1 N–H and O–H groups in total. The fourth-order valence-corrected chi connectivity index (χ4v) is 3.75. The van der Waals surface area contributed by atoms with Crippen molar-refractivity contribution in [2.75, 3.05) is 5.75 Å². The molecule has 2 nitrogen and oxygen atoms in total. The van der Waals surface area contributed by atoms with Gasteiger partial charge in [-0.3, -0.25) is 4.98 Å². The van der Waals surface area contributed by atoms with Crippen molar-refractivity contribution in [2.45, 2.75) is 11.0 Å². The van der Waals surface area contributed by atoms with Crippen LogP contribution in [0.25, 0.3) is 10.8 Å². The topological polar surface area (TPSA) is 33.1 Å². The first kappa shape index (κ1) is 14.6. The smallest absolute Gasteiger partial charge is 0.0904 e. The van der Waals surface area contributed by atoms with Crippen LogP contribution in [-0.4, -0.2) is 15.8 Å². The van der Waals surface area contributed by atoms with Gasteiger partial charge in [0, 0.05) is 38.5 Å². The van der Waals surface area contributed by atoms with Crippen LogP contribution in [-0.2, 0) is 0 Å². The minimum Gasteiger partial charge on any atom is -0.387 e. The summed E-state index contributed by atoms with van der Waals surface area (Å²) in [6.45, 7) is 0. The zero-order valence-corrected chi connectivity index (χ0v) is 13.6. The molecule has 0 aliphatic carbocycles. The fourth-order valence-electron chi connectivity index (χ4n) is 2.23. The van der Waals surface area contributed by atoms with Gasteiger partial charge >= 0.3 is 0 Å². The molecule has 0 saturated carbocycles. The lowest BCUT2D eigenvalue weighted by molar-refractivity contribution is 0.205. The quantitative estimate of drug-likeness (QED) is 0.677. The molecule has 1 atom stereocenters. The molecule has 0 bridgehead atoms. The summed E-state index contributed by atoms with van der Waals surface area (Å²) in [7, 11) is 0. The van der Waals surface area contributed by atoms with Crippen LogP contribution >= 0.6 is 27.7 Å². The van der Waals surface area contributed by atoms with E-state index in [4.69, 9.17) is 0 Å². The van der Waals surface area contributed by atoms with Gasteiger partial charge in [0.1, 0.15) is 0 Å². The molecule has 0 aliphatic heterocycles. The molecule has 0 aliphatic rings. The monoisotopic (exact) mass is 359 g/mol. The summed E-state index contributed by atoms with van der Waals surface area (Å²) in [5.74, 6) is 0.596. The Morgan fingerprint density at radius 1 is 1.05 bits per heavy atom. The predicted molar refractivity (Wildman–Crippen MR) is 91.6 cm³/mol. The lowest BCUT2D eigenvalue weighted by Crippen LogP contribution is -2.02. The second kappa shape index (κ2) is 6.60. The van der Waals surface area contributed by atoms with Gasteiger partial charge in [0.15, 0.2) is 0 Å². The summed E-state index contributed by atoms with van der Waals surface area (Å²) in [6, 6.07) is 16.0. The number of benzene rings is 2. The number of halogens is 1. The standard InChI is InChI=1S/C17H14BrNOS/c18-15-7-3-4-8-17(15)21-11-16(20)14-10-19-9-12-5-1-2-6-13(12)14/h1-10,16,20H,11H2. The third-order valence-corrected chi connectivity index (χ3v) is 5.39. The van der Waals surface area contributed by atoms with E-state index in [9.17, 15) is 5.11 Å². The van der Waals surface area contributed by atoms with Gasteiger partial charge in [0.05, 0.1) is 6.10 Å². The van der Waals surface area contributed by atoms with Gasteiger partial charge in [-0.15, -0.1) is 11.8 Å². The lowest BCUT2D eigenvalue weighted by Gasteiger charge is -2.13. The van der Waals surface area contributed by atoms with Crippen molar-refractivity contribution in [2.24, 2.45) is 0 Å². The average Bonchev–Trinajstić information content (AvgIpc) is 2.53. The number of rotatable bonds is 4. The summed E-state index contributed by atoms with van der Waals surface area (Å²) in [6.07, 6.45) is 3.04. The molecule has 106 valence electrons. The van der Waals surface area contributed by atoms with Crippen LogP contribution in [0.3, 0.4) is 0 Å². The molecule has 1 unspecified atom stereocenters. The van der Waals surface area contributed by atoms with Crippen LogP contribution in [0.5, 0.6) is 0 Å². The normalized spacial score (nSPS) is 12.5. The van der Waals surface area contributed by atoms with Crippen molar-refractivity contribution in [1.82, 2.24) is 4.98 Å². The van der Waals surface area contributed by atoms with Crippen molar-refractivity contribution >= 4 is 38.5 Å². The average molecular weight is 360 g/mol. The second-order valence-corrected chi connectivity index (χ2v) is 6.62. The number of aliphatic hydroxyl groups is 1. The molecule has 0 spiro atoms. The molecule has 4 heteroatoms. The Hall–Kier alpha value is -1.36. The van der Waals surface area contributed by atoms with E-state index in [2.05, 4.69) is 20.9 Å². The van der Waals surface area contributed by atoms with Crippen molar-refractivity contribution < 1.29 is 5.11 Å². The first-order valence-electron chi connectivity index (χ1n) is 6.64. The van der Waals surface area contributed by atoms with E-state index in [0.29, 0.717) is 5.75 Å². The van der Waals surface area contributed by atoms with Crippen molar-refractivity contribution in [3.63, 3.8) is 0 Å². The maximum Gasteiger partial charge on any atom is 0.0904 e. The number of thioether (sulfide) groups is 1. The number of aromatic nitrogens is 1. The predicted octanol–water partition coefficient (Wildman–Crippen LogP) is 4.82. The van der Waals surface area contributed by atoms with E-state index >= 15 is 0 Å². The minimum atomic E-state index is -0.541. The summed E-state index contributed by atoms with van der Waals surface area (Å²) < 4.78 is 1.05. The Morgan fingerprint density at radius 2 is 1.81 bits per heavy atom. The number of pyridine rings is 1. The van der Waals surface area contributed by atoms with E-state index < -0.39 is 6.10 Å². The highest BCUT2D eigenvalue weighted by atomic mass is 79.9. The van der Waals surface area contributed by atoms with Crippen LogP contribution < -0.4 is 0 Å². The molecule has 3 rings (SSSR count). The highest BCUT2D eigenvalue weighted by Gasteiger charge is 2.12. The van der Waals surface area contributed by atoms with Gasteiger partial charge < -0.3 is 5.11 Å². The molecule has 3 aromatic rings. The highest BCUT2D eigenvalue weighted by Crippen LogP contribution is 2.32. The van der Waals surface area contributed by atoms with Crippen LogP contribution in [0.2, 0.25) is 0 Å². The summed E-state index contributed by atoms with van der Waals surface area (Å²) in [4.78, 5) is 5.36. The summed E-state index contributed by atoms with van der Waals surface area (Å²) in [5, 5.41) is 12.6. The lowest BCUT2D eigenvalue weighted by atomic mass is 10.0. The van der Waals surface area contributed by atoms with Crippen molar-refractivity contribution in [3.8, 4) is 0 Å². The van der Waals surface area contributed by atoms with Gasteiger partial charge in [0.2, 0.25) is 0 Å². The van der Waals surface area contributed by atoms with E-state index in [1.54, 1.807) is 18.0 Å². The van der Waals surface area contributed by atoms with Gasteiger partial charge in [-0.1, -0.05) is 36.4 Å². The number of fused-ring (bicyclic) bond motifs is 1. The van der Waals surface area contributed by atoms with Crippen LogP contribution in [0.15, 0.2) is 70.3 Å². The largest absolute Gasteiger partial charge is 0.387 e. The number of aliphatic hydroxyl groups excluding tert-OH is 1. The Morgan fingerprint density at radius 3 is 2.67 bits per heavy atom. The zero-order chi connectivity index (χ0) is 14.7. The van der Waals surface area contributed by atoms with Gasteiger partial charge in [-0.2, -0.15) is 0 Å². The number of hydrogen-bond donors (Lipinski definition) is 1. The van der Waals surface area contributed by atoms with E-state index in [1.807, 2.05) is 54.7 Å². The molecule has 0 saturated heterocycles. The third kappa shape index (κ3) is 3.28. The summed E-state index contributed by atoms with van der Waals surface area (Å²) in [5.41, 5.74) is 0.882. The molecule has 0 amide bonds. The van der Waals surface area contributed by atoms with Crippen LogP contribution in [0, 0.1) is 0 Å². The summed E-state index contributed by atoms with van der Waals surface area (Å²) >= 11 is 5.16. The van der Waals surface area contributed by atoms with E-state index in [0.717, 1.165) is 25.7 Å². The SMILES string of the molecule is OC(CSc1ccccc1Br)c1cncc2ccccc12. The maximum atomic E-state index is 10.5. The Balaban J connectivity index is 1.81. The molecule has 0 radical (unpaired) electrons. The molecular weight excluding hydrogens is 346 g/mol. The van der Waals surface area contributed by atoms with Crippen molar-refractivity contribution in [3.05, 3.63) is 71.0 Å². The highest BCUT2D eigenvalue weighted by molar-refractivity contribution is 9.10. The minimum absolute atomic E-state index is 0.541. The molecule has 21 heavy (non-hydrogen) atoms. The maximum absolute atomic E-state index is 10.5. The molecule has 1 aromatic heterocycles. The second-order valence-electron chi connectivity index (χ2n) is 4.71. The van der Waals surface area contributed by atoms with Crippen LogP contribution in [0.1, 0.15) is 11.7 Å². The van der Waals surface area contributed by atoms with E-state index in [-0.39, 0.29) is 0 Å². The molecule has 1 heterocycles. The fraction of sp³-hybridized carbons (Fsp3) is 0.118. The number of hydrogen-bond acceptors (Lipinski definition) is 3. The Labute approximate surface area is 136 Å². The molecule has 0 fully saturated rings. The van der Waals surface area contributed by atoms with Gasteiger partial charge in [-0.25, -0.2) is 0 Å². The van der Waals surface area contributed by atoms with Crippen LogP contribution in [0.4, 0.5) is 0 Å². The van der Waals surface area contributed by atoms with Crippen molar-refractivity contribution in [1.29, 1.82) is 0 Å². The van der Waals surface area contributed by atoms with Gasteiger partial charge in [0.25, 0.3) is 0 Å². The molecule has 2 aromatic carbocycles.